The lowest BCUT2D eigenvalue weighted by Gasteiger charge is -2.22. The van der Waals surface area contributed by atoms with Crippen LogP contribution in [0.25, 0.3) is 0 Å². The third-order valence-electron chi connectivity index (χ3n) is 2.36. The van der Waals surface area contributed by atoms with Crippen molar-refractivity contribution < 1.29 is 0 Å². The third kappa shape index (κ3) is 4.83. The van der Waals surface area contributed by atoms with Crippen molar-refractivity contribution in [3.63, 3.8) is 0 Å². The maximum absolute atomic E-state index is 3.68. The summed E-state index contributed by atoms with van der Waals surface area (Å²) in [5.41, 5.74) is 2.47. The van der Waals surface area contributed by atoms with Gasteiger partial charge in [-0.1, -0.05) is 43.9 Å². The van der Waals surface area contributed by atoms with Crippen molar-refractivity contribution in [2.45, 2.75) is 27.2 Å². The molecule has 0 fully saturated rings. The van der Waals surface area contributed by atoms with Crippen LogP contribution >= 0.6 is 0 Å². The molecular formula is C15H23N. The summed E-state index contributed by atoms with van der Waals surface area (Å²) >= 11 is 0. The summed E-state index contributed by atoms with van der Waals surface area (Å²) in [6, 6.07) is 0. The number of likely N-dealkylation sites (N-methyl/N-ethyl adjacent to an activating group) is 1. The number of nitrogens with zero attached hydrogens (tertiary/aromatic N) is 1. The van der Waals surface area contributed by atoms with Crippen molar-refractivity contribution in [2.75, 3.05) is 7.05 Å². The van der Waals surface area contributed by atoms with Gasteiger partial charge < -0.3 is 4.90 Å². The van der Waals surface area contributed by atoms with E-state index < -0.39 is 0 Å². The van der Waals surface area contributed by atoms with Gasteiger partial charge in [-0.3, -0.25) is 0 Å². The van der Waals surface area contributed by atoms with Crippen LogP contribution in [0.15, 0.2) is 60.5 Å². The number of rotatable bonds is 6. The van der Waals surface area contributed by atoms with E-state index in [1.807, 2.05) is 26.0 Å². The zero-order valence-electron chi connectivity index (χ0n) is 10.9. The lowest BCUT2D eigenvalue weighted by molar-refractivity contribution is 0.516. The highest BCUT2D eigenvalue weighted by molar-refractivity contribution is 5.25. The molecule has 0 bridgehead atoms. The number of hydrogen-bond donors (Lipinski definition) is 0. The van der Waals surface area contributed by atoms with Crippen molar-refractivity contribution in [1.29, 1.82) is 0 Å². The van der Waals surface area contributed by atoms with Crippen molar-refractivity contribution in [2.24, 2.45) is 0 Å². The van der Waals surface area contributed by atoms with Gasteiger partial charge in [-0.25, -0.2) is 0 Å². The van der Waals surface area contributed by atoms with E-state index in [9.17, 15) is 0 Å². The van der Waals surface area contributed by atoms with Crippen LogP contribution in [0.5, 0.6) is 0 Å². The molecule has 88 valence electrons. The van der Waals surface area contributed by atoms with Gasteiger partial charge in [-0.2, -0.15) is 0 Å². The van der Waals surface area contributed by atoms with E-state index in [0.29, 0.717) is 0 Å². The van der Waals surface area contributed by atoms with Crippen molar-refractivity contribution in [1.82, 2.24) is 4.90 Å². The first-order chi connectivity index (χ1) is 7.71. The Kier molecular flexibility index (Phi) is 7.96. The predicted molar refractivity (Wildman–Crippen MR) is 74.0 cm³/mol. The van der Waals surface area contributed by atoms with Crippen LogP contribution in [0.3, 0.4) is 0 Å². The van der Waals surface area contributed by atoms with Gasteiger partial charge in [0, 0.05) is 18.4 Å². The summed E-state index contributed by atoms with van der Waals surface area (Å²) in [6.07, 6.45) is 15.2. The second-order valence-corrected chi connectivity index (χ2v) is 3.40. The van der Waals surface area contributed by atoms with Crippen molar-refractivity contribution in [3.8, 4) is 0 Å². The fraction of sp³-hybridized carbons (Fsp3) is 0.333. The van der Waals surface area contributed by atoms with Crippen LogP contribution in [-0.4, -0.2) is 11.9 Å². The molecule has 0 N–H and O–H groups in total. The topological polar surface area (TPSA) is 3.24 Å². The maximum Gasteiger partial charge on any atom is 0.0362 e. The molecule has 1 nitrogen and oxygen atoms in total. The standard InChI is InChI=1S/C15H23N/c1-6-10-12-14(8-3)16(5)15(9-4)13-11-7-2/h6-8,10-13H,1,9H2,2-5H3/b11-7-,12-10-,14-8+,15-13+. The van der Waals surface area contributed by atoms with E-state index in [1.165, 1.54) is 11.4 Å². The Morgan fingerprint density at radius 2 is 1.94 bits per heavy atom. The summed E-state index contributed by atoms with van der Waals surface area (Å²) < 4.78 is 0. The highest BCUT2D eigenvalue weighted by Gasteiger charge is 2.03. The molecule has 0 radical (unpaired) electrons. The van der Waals surface area contributed by atoms with Crippen molar-refractivity contribution >= 4 is 0 Å². The summed E-state index contributed by atoms with van der Waals surface area (Å²) in [5, 5.41) is 0. The minimum absolute atomic E-state index is 1.01. The van der Waals surface area contributed by atoms with Gasteiger partial charge >= 0.3 is 0 Å². The Hall–Kier alpha value is -1.50. The molecule has 0 saturated carbocycles. The molecule has 0 rings (SSSR count). The van der Waals surface area contributed by atoms with Crippen LogP contribution in [0.2, 0.25) is 0 Å². The molecule has 0 spiro atoms. The lowest BCUT2D eigenvalue weighted by atomic mass is 10.2. The summed E-state index contributed by atoms with van der Waals surface area (Å²) in [6.45, 7) is 9.92. The van der Waals surface area contributed by atoms with Crippen molar-refractivity contribution in [3.05, 3.63) is 60.5 Å². The summed E-state index contributed by atoms with van der Waals surface area (Å²) in [5.74, 6) is 0. The SMILES string of the molecule is C=C/C=C\C(=C/C)N(C)/C(=C/C=C\C)CC. The molecule has 0 amide bonds. The molecule has 0 aromatic carbocycles. The predicted octanol–water partition coefficient (Wildman–Crippen LogP) is 4.43. The molecular weight excluding hydrogens is 194 g/mol. The zero-order chi connectivity index (χ0) is 12.4. The normalized spacial score (nSPS) is 13.8. The minimum Gasteiger partial charge on any atom is -0.348 e. The van der Waals surface area contributed by atoms with Gasteiger partial charge in [-0.15, -0.1) is 0 Å². The van der Waals surface area contributed by atoms with E-state index in [2.05, 4.69) is 49.8 Å². The average molecular weight is 217 g/mol. The van der Waals surface area contributed by atoms with E-state index in [-0.39, 0.29) is 0 Å². The first-order valence-corrected chi connectivity index (χ1v) is 5.72. The second-order valence-electron chi connectivity index (χ2n) is 3.40. The molecule has 0 saturated heterocycles. The molecule has 0 atom stereocenters. The Labute approximate surface area is 100 Å². The summed E-state index contributed by atoms with van der Waals surface area (Å²) in [7, 11) is 2.08. The van der Waals surface area contributed by atoms with Gasteiger partial charge in [0.1, 0.15) is 0 Å². The molecule has 0 aliphatic carbocycles. The van der Waals surface area contributed by atoms with Gasteiger partial charge in [-0.05, 0) is 32.4 Å². The molecule has 0 unspecified atom stereocenters. The lowest BCUT2D eigenvalue weighted by Crippen LogP contribution is -2.15. The Morgan fingerprint density at radius 3 is 2.38 bits per heavy atom. The quantitative estimate of drug-likeness (QED) is 0.595. The highest BCUT2D eigenvalue weighted by atomic mass is 15.1. The van der Waals surface area contributed by atoms with Crippen LogP contribution in [0.4, 0.5) is 0 Å². The highest BCUT2D eigenvalue weighted by Crippen LogP contribution is 2.14. The van der Waals surface area contributed by atoms with Gasteiger partial charge in [0.15, 0.2) is 0 Å². The summed E-state index contributed by atoms with van der Waals surface area (Å²) in [4.78, 5) is 2.19. The van der Waals surface area contributed by atoms with Gasteiger partial charge in [0.2, 0.25) is 0 Å². The fourth-order valence-electron chi connectivity index (χ4n) is 1.41. The van der Waals surface area contributed by atoms with Gasteiger partial charge in [0.25, 0.3) is 0 Å². The maximum atomic E-state index is 3.68. The molecule has 0 aromatic heterocycles. The number of allylic oxidation sites excluding steroid dienone is 8. The van der Waals surface area contributed by atoms with E-state index in [4.69, 9.17) is 0 Å². The van der Waals surface area contributed by atoms with Gasteiger partial charge in [0.05, 0.1) is 0 Å². The Bertz CT molecular complexity index is 316. The molecule has 1 heteroatoms. The van der Waals surface area contributed by atoms with Crippen LogP contribution in [0.1, 0.15) is 27.2 Å². The Balaban J connectivity index is 4.91. The molecule has 0 heterocycles. The minimum atomic E-state index is 1.01. The first kappa shape index (κ1) is 14.5. The monoisotopic (exact) mass is 217 g/mol. The molecule has 16 heavy (non-hydrogen) atoms. The van der Waals surface area contributed by atoms with E-state index in [0.717, 1.165) is 6.42 Å². The third-order valence-corrected chi connectivity index (χ3v) is 2.36. The smallest absolute Gasteiger partial charge is 0.0362 e. The van der Waals surface area contributed by atoms with E-state index in [1.54, 1.807) is 6.08 Å². The van der Waals surface area contributed by atoms with Crippen LogP contribution < -0.4 is 0 Å². The van der Waals surface area contributed by atoms with E-state index >= 15 is 0 Å². The largest absolute Gasteiger partial charge is 0.348 e. The fourth-order valence-corrected chi connectivity index (χ4v) is 1.41. The van der Waals surface area contributed by atoms with Crippen LogP contribution in [-0.2, 0) is 0 Å². The molecule has 0 aliphatic heterocycles. The first-order valence-electron chi connectivity index (χ1n) is 5.72. The second kappa shape index (κ2) is 8.78. The molecule has 0 aromatic rings. The van der Waals surface area contributed by atoms with Crippen LogP contribution in [0, 0.1) is 0 Å². The zero-order valence-corrected chi connectivity index (χ0v) is 10.9. The molecule has 0 aliphatic rings. The number of hydrogen-bond acceptors (Lipinski definition) is 1. The average Bonchev–Trinajstić information content (AvgIpc) is 2.31. The Morgan fingerprint density at radius 1 is 1.25 bits per heavy atom.